The second-order valence-corrected chi connectivity index (χ2v) is 7.97. The molecule has 162 valence electrons. The molecule has 1 aromatic heterocycles. The number of carbonyl (C=O) groups is 1. The van der Waals surface area contributed by atoms with E-state index in [9.17, 15) is 19.7 Å². The second kappa shape index (κ2) is 8.91. The number of imidazole rings is 1. The van der Waals surface area contributed by atoms with Crippen molar-refractivity contribution in [2.24, 2.45) is 0 Å². The summed E-state index contributed by atoms with van der Waals surface area (Å²) in [7, 11) is 0. The molecule has 2 N–H and O–H groups in total. The molecule has 2 heterocycles. The molecular formula is C21H22ClN5O4. The van der Waals surface area contributed by atoms with Gasteiger partial charge in [0, 0.05) is 44.4 Å². The number of likely N-dealkylation sites (tertiary alicyclic amines) is 1. The monoisotopic (exact) mass is 443 g/mol. The number of hydrogen-bond acceptors (Lipinski definition) is 5. The quantitative estimate of drug-likeness (QED) is 0.449. The first-order valence-electron chi connectivity index (χ1n) is 10.1. The highest BCUT2D eigenvalue weighted by Gasteiger charge is 2.23. The van der Waals surface area contributed by atoms with Crippen molar-refractivity contribution in [1.82, 2.24) is 19.8 Å². The molecule has 1 amide bonds. The van der Waals surface area contributed by atoms with Gasteiger partial charge < -0.3 is 15.2 Å². The number of carbonyl (C=O) groups excluding carboxylic acids is 1. The predicted molar refractivity (Wildman–Crippen MR) is 118 cm³/mol. The Morgan fingerprint density at radius 3 is 2.68 bits per heavy atom. The number of hydrogen-bond donors (Lipinski definition) is 2. The molecule has 0 aliphatic carbocycles. The van der Waals surface area contributed by atoms with E-state index in [-0.39, 0.29) is 33.9 Å². The molecule has 0 atom stereocenters. The minimum Gasteiger partial charge on any atom is -0.351 e. The van der Waals surface area contributed by atoms with Gasteiger partial charge in [-0.15, -0.1) is 0 Å². The molecule has 9 nitrogen and oxygen atoms in total. The lowest BCUT2D eigenvalue weighted by molar-refractivity contribution is -0.384. The number of non-ortho nitro benzene ring substituents is 1. The van der Waals surface area contributed by atoms with Crippen LogP contribution in [0.25, 0.3) is 11.0 Å². The fraction of sp³-hybridized carbons (Fsp3) is 0.333. The number of piperidine rings is 1. The summed E-state index contributed by atoms with van der Waals surface area (Å²) in [6.45, 7) is 2.76. The van der Waals surface area contributed by atoms with Crippen LogP contribution >= 0.6 is 11.6 Å². The first-order valence-corrected chi connectivity index (χ1v) is 10.5. The Labute approximate surface area is 182 Å². The van der Waals surface area contributed by atoms with E-state index in [1.165, 1.54) is 18.2 Å². The molecular weight excluding hydrogens is 422 g/mol. The van der Waals surface area contributed by atoms with Crippen LogP contribution in [0.15, 0.2) is 47.3 Å². The maximum atomic E-state index is 12.4. The topological polar surface area (TPSA) is 113 Å². The number of benzene rings is 2. The molecule has 4 rings (SSSR count). The van der Waals surface area contributed by atoms with Gasteiger partial charge in [-0.05, 0) is 31.0 Å². The Kier molecular flexibility index (Phi) is 6.06. The van der Waals surface area contributed by atoms with Gasteiger partial charge in [0.2, 0.25) is 0 Å². The van der Waals surface area contributed by atoms with Crippen LogP contribution in [0, 0.1) is 10.1 Å². The Morgan fingerprint density at radius 1 is 1.23 bits per heavy atom. The van der Waals surface area contributed by atoms with Crippen LogP contribution < -0.4 is 11.0 Å². The number of para-hydroxylation sites is 2. The van der Waals surface area contributed by atoms with E-state index in [1.807, 2.05) is 28.8 Å². The Morgan fingerprint density at radius 2 is 1.97 bits per heavy atom. The van der Waals surface area contributed by atoms with E-state index in [1.54, 1.807) is 0 Å². The van der Waals surface area contributed by atoms with Crippen molar-refractivity contribution < 1.29 is 9.72 Å². The van der Waals surface area contributed by atoms with Gasteiger partial charge in [-0.2, -0.15) is 0 Å². The summed E-state index contributed by atoms with van der Waals surface area (Å²) < 4.78 is 1.85. The summed E-state index contributed by atoms with van der Waals surface area (Å²) >= 11 is 6.01. The van der Waals surface area contributed by atoms with Gasteiger partial charge in [0.25, 0.3) is 11.6 Å². The van der Waals surface area contributed by atoms with Crippen LogP contribution in [-0.2, 0) is 0 Å². The number of H-pyrrole nitrogens is 1. The zero-order chi connectivity index (χ0) is 22.0. The minimum atomic E-state index is -0.554. The van der Waals surface area contributed by atoms with Crippen molar-refractivity contribution in [3.8, 4) is 0 Å². The Bertz CT molecular complexity index is 1180. The largest absolute Gasteiger partial charge is 0.351 e. The van der Waals surface area contributed by atoms with Crippen LogP contribution in [-0.4, -0.2) is 51.5 Å². The highest BCUT2D eigenvalue weighted by Crippen LogP contribution is 2.25. The number of nitrogens with zero attached hydrogens (tertiary/aromatic N) is 3. The number of fused-ring (bicyclic) bond motifs is 1. The van der Waals surface area contributed by atoms with Crippen LogP contribution in [0.3, 0.4) is 0 Å². The first kappa shape index (κ1) is 21.1. The summed E-state index contributed by atoms with van der Waals surface area (Å²) in [5.41, 5.74) is 1.76. The predicted octanol–water partition coefficient (Wildman–Crippen LogP) is 2.96. The lowest BCUT2D eigenvalue weighted by atomic mass is 10.0. The normalized spacial score (nSPS) is 15.3. The van der Waals surface area contributed by atoms with E-state index < -0.39 is 4.92 Å². The molecule has 1 fully saturated rings. The van der Waals surface area contributed by atoms with Crippen molar-refractivity contribution in [2.45, 2.75) is 18.9 Å². The van der Waals surface area contributed by atoms with Gasteiger partial charge in [-0.3, -0.25) is 19.5 Å². The average Bonchev–Trinajstić information content (AvgIpc) is 3.09. The molecule has 1 aliphatic rings. The molecule has 0 saturated carbocycles. The SMILES string of the molecule is O=C(NCCN1CCC(n2c(=O)[nH]c3ccccc32)CC1)c1ccc([N+](=O)[O-])cc1Cl. The summed E-state index contributed by atoms with van der Waals surface area (Å²) in [6.07, 6.45) is 1.70. The number of nitrogens with one attached hydrogen (secondary N) is 2. The molecule has 1 aliphatic heterocycles. The van der Waals surface area contributed by atoms with Gasteiger partial charge >= 0.3 is 5.69 Å². The van der Waals surface area contributed by atoms with Crippen molar-refractivity contribution in [1.29, 1.82) is 0 Å². The standard InChI is InChI=1S/C21H22ClN5O4/c22-17-13-15(27(30)31)5-6-16(17)20(28)23-9-12-25-10-7-14(8-11-25)26-19-4-2-1-3-18(19)24-21(26)29/h1-6,13-14H,7-12H2,(H,23,28)(H,24,29). The third-order valence-electron chi connectivity index (χ3n) is 5.67. The van der Waals surface area contributed by atoms with Gasteiger partial charge in [-0.25, -0.2) is 4.79 Å². The molecule has 1 saturated heterocycles. The zero-order valence-electron chi connectivity index (χ0n) is 16.7. The van der Waals surface area contributed by atoms with Gasteiger partial charge in [-0.1, -0.05) is 23.7 Å². The highest BCUT2D eigenvalue weighted by atomic mass is 35.5. The molecule has 31 heavy (non-hydrogen) atoms. The number of aromatic amines is 1. The molecule has 0 radical (unpaired) electrons. The summed E-state index contributed by atoms with van der Waals surface area (Å²) in [6, 6.07) is 11.6. The summed E-state index contributed by atoms with van der Waals surface area (Å²) in [4.78, 5) is 40.1. The third-order valence-corrected chi connectivity index (χ3v) is 5.98. The molecule has 2 aromatic carbocycles. The van der Waals surface area contributed by atoms with Crippen molar-refractivity contribution >= 4 is 34.2 Å². The zero-order valence-corrected chi connectivity index (χ0v) is 17.5. The van der Waals surface area contributed by atoms with Gasteiger partial charge in [0.05, 0.1) is 26.5 Å². The van der Waals surface area contributed by atoms with Crippen molar-refractivity contribution in [2.75, 3.05) is 26.2 Å². The molecule has 0 spiro atoms. The fourth-order valence-corrected chi connectivity index (χ4v) is 4.32. The second-order valence-electron chi connectivity index (χ2n) is 7.57. The van der Waals surface area contributed by atoms with E-state index in [2.05, 4.69) is 15.2 Å². The maximum Gasteiger partial charge on any atom is 0.326 e. The van der Waals surface area contributed by atoms with E-state index >= 15 is 0 Å². The van der Waals surface area contributed by atoms with Crippen LogP contribution in [0.4, 0.5) is 5.69 Å². The van der Waals surface area contributed by atoms with E-state index in [0.29, 0.717) is 13.1 Å². The summed E-state index contributed by atoms with van der Waals surface area (Å²) in [5.74, 6) is -0.361. The van der Waals surface area contributed by atoms with Crippen LogP contribution in [0.5, 0.6) is 0 Å². The molecule has 0 unspecified atom stereocenters. The number of amides is 1. The average molecular weight is 444 g/mol. The van der Waals surface area contributed by atoms with E-state index in [4.69, 9.17) is 11.6 Å². The fourth-order valence-electron chi connectivity index (χ4n) is 4.06. The number of halogens is 1. The third kappa shape index (κ3) is 4.47. The highest BCUT2D eigenvalue weighted by molar-refractivity contribution is 6.34. The first-order chi connectivity index (χ1) is 14.9. The maximum absolute atomic E-state index is 12.4. The van der Waals surface area contributed by atoms with Crippen molar-refractivity contribution in [3.63, 3.8) is 0 Å². The number of nitro groups is 1. The number of aromatic nitrogens is 2. The minimum absolute atomic E-state index is 0.0525. The lowest BCUT2D eigenvalue weighted by Crippen LogP contribution is -2.41. The van der Waals surface area contributed by atoms with Crippen molar-refractivity contribution in [3.05, 3.63) is 73.6 Å². The Hall–Kier alpha value is -3.17. The van der Waals surface area contributed by atoms with Crippen LogP contribution in [0.1, 0.15) is 29.2 Å². The number of nitro benzene ring substituents is 1. The number of rotatable bonds is 6. The Balaban J connectivity index is 1.29. The van der Waals surface area contributed by atoms with Crippen LogP contribution in [0.2, 0.25) is 5.02 Å². The molecule has 3 aromatic rings. The summed E-state index contributed by atoms with van der Waals surface area (Å²) in [5, 5.41) is 13.6. The van der Waals surface area contributed by atoms with Gasteiger partial charge in [0.1, 0.15) is 0 Å². The van der Waals surface area contributed by atoms with Gasteiger partial charge in [0.15, 0.2) is 0 Å². The smallest absolute Gasteiger partial charge is 0.326 e. The lowest BCUT2D eigenvalue weighted by Gasteiger charge is -2.32. The van der Waals surface area contributed by atoms with E-state index in [0.717, 1.165) is 37.0 Å². The molecule has 0 bridgehead atoms. The molecule has 10 heteroatoms.